The third-order valence-electron chi connectivity index (χ3n) is 4.88. The largest absolute Gasteiger partial charge is 0.339 e. The van der Waals surface area contributed by atoms with Gasteiger partial charge in [-0.25, -0.2) is 4.98 Å². The summed E-state index contributed by atoms with van der Waals surface area (Å²) in [6.07, 6.45) is 4.96. The molecule has 0 saturated heterocycles. The van der Waals surface area contributed by atoms with Crippen LogP contribution in [0.2, 0.25) is 0 Å². The maximum atomic E-state index is 12.6. The minimum atomic E-state index is -0.426. The van der Waals surface area contributed by atoms with Crippen molar-refractivity contribution >= 4 is 21.6 Å². The minimum absolute atomic E-state index is 0.0177. The number of rotatable bonds is 4. The molecule has 2 N–H and O–H groups in total. The maximum Gasteiger partial charge on any atom is 0.262 e. The van der Waals surface area contributed by atoms with E-state index >= 15 is 0 Å². The molecule has 126 valence electrons. The van der Waals surface area contributed by atoms with Crippen molar-refractivity contribution in [1.29, 1.82) is 0 Å². The molecular formula is C16H19N5O2S. The number of nitrogens with two attached hydrogens (primary N) is 1. The second-order valence-corrected chi connectivity index (χ2v) is 7.68. The van der Waals surface area contributed by atoms with Gasteiger partial charge < -0.3 is 10.3 Å². The molecule has 24 heavy (non-hydrogen) atoms. The smallest absolute Gasteiger partial charge is 0.262 e. The van der Waals surface area contributed by atoms with E-state index in [1.807, 2.05) is 13.8 Å². The number of aryl methyl sites for hydroxylation is 4. The van der Waals surface area contributed by atoms with E-state index in [4.69, 9.17) is 10.3 Å². The summed E-state index contributed by atoms with van der Waals surface area (Å²) in [5, 5.41) is 4.71. The summed E-state index contributed by atoms with van der Waals surface area (Å²) in [4.78, 5) is 23.4. The van der Waals surface area contributed by atoms with Gasteiger partial charge in [0.05, 0.1) is 17.3 Å². The van der Waals surface area contributed by atoms with Crippen LogP contribution in [0.15, 0.2) is 15.6 Å². The Bertz CT molecular complexity index is 967. The average molecular weight is 345 g/mol. The van der Waals surface area contributed by atoms with Crippen LogP contribution in [0, 0.1) is 13.8 Å². The van der Waals surface area contributed by atoms with E-state index in [-0.39, 0.29) is 5.56 Å². The number of hydrogen-bond acceptors (Lipinski definition) is 7. The Labute approximate surface area is 142 Å². The zero-order chi connectivity index (χ0) is 16.9. The Morgan fingerprint density at radius 3 is 2.92 bits per heavy atom. The molecule has 4 rings (SSSR count). The van der Waals surface area contributed by atoms with Gasteiger partial charge in [-0.05, 0) is 38.7 Å². The molecule has 1 aliphatic carbocycles. The van der Waals surface area contributed by atoms with Crippen molar-refractivity contribution in [3.8, 4) is 0 Å². The van der Waals surface area contributed by atoms with Crippen LogP contribution in [0.5, 0.6) is 0 Å². The summed E-state index contributed by atoms with van der Waals surface area (Å²) in [5.74, 6) is 1.08. The molecule has 0 atom stereocenters. The van der Waals surface area contributed by atoms with Gasteiger partial charge in [-0.2, -0.15) is 4.98 Å². The number of fused-ring (bicyclic) bond motifs is 1. The highest BCUT2D eigenvalue weighted by Crippen LogP contribution is 2.36. The quantitative estimate of drug-likeness (QED) is 0.777. The molecule has 1 aliphatic rings. The lowest BCUT2D eigenvalue weighted by molar-refractivity contribution is 0.229. The van der Waals surface area contributed by atoms with Gasteiger partial charge >= 0.3 is 0 Å². The SMILES string of the molecule is Cc1sc2ncn(CCc3nc(C4(N)CCC4)no3)c(=O)c2c1C. The van der Waals surface area contributed by atoms with Crippen LogP contribution >= 0.6 is 11.3 Å². The molecule has 1 fully saturated rings. The molecule has 0 radical (unpaired) electrons. The molecule has 0 bridgehead atoms. The topological polar surface area (TPSA) is 99.8 Å². The first-order valence-corrected chi connectivity index (χ1v) is 8.87. The second kappa shape index (κ2) is 5.49. The highest BCUT2D eigenvalue weighted by Gasteiger charge is 2.38. The molecule has 0 unspecified atom stereocenters. The Kier molecular flexibility index (Phi) is 3.54. The summed E-state index contributed by atoms with van der Waals surface area (Å²) >= 11 is 1.55. The van der Waals surface area contributed by atoms with Crippen molar-refractivity contribution < 1.29 is 4.52 Å². The van der Waals surface area contributed by atoms with Crippen molar-refractivity contribution in [2.24, 2.45) is 5.73 Å². The fourth-order valence-corrected chi connectivity index (χ4v) is 3.97. The Morgan fingerprint density at radius 2 is 2.21 bits per heavy atom. The summed E-state index contributed by atoms with van der Waals surface area (Å²) in [7, 11) is 0. The van der Waals surface area contributed by atoms with Crippen LogP contribution in [0.3, 0.4) is 0 Å². The molecule has 0 aliphatic heterocycles. The average Bonchev–Trinajstić information content (AvgIpc) is 3.11. The normalized spacial score (nSPS) is 16.5. The van der Waals surface area contributed by atoms with Gasteiger partial charge in [-0.3, -0.25) is 9.36 Å². The minimum Gasteiger partial charge on any atom is -0.339 e. The predicted molar refractivity (Wildman–Crippen MR) is 91.1 cm³/mol. The van der Waals surface area contributed by atoms with E-state index in [9.17, 15) is 4.79 Å². The number of aromatic nitrogens is 4. The number of hydrogen-bond donors (Lipinski definition) is 1. The first kappa shape index (κ1) is 15.5. The summed E-state index contributed by atoms with van der Waals surface area (Å²) < 4.78 is 6.89. The summed E-state index contributed by atoms with van der Waals surface area (Å²) in [6, 6.07) is 0. The standard InChI is InChI=1S/C16H19N5O2S/c1-9-10(2)24-13-12(9)14(22)21(8-18-13)7-4-11-19-15(20-23-11)16(17)5-3-6-16/h8H,3-7,17H2,1-2H3. The van der Waals surface area contributed by atoms with Crippen LogP contribution in [0.4, 0.5) is 0 Å². The van der Waals surface area contributed by atoms with E-state index in [1.165, 1.54) is 0 Å². The van der Waals surface area contributed by atoms with E-state index in [0.717, 1.165) is 34.5 Å². The Balaban J connectivity index is 1.56. The van der Waals surface area contributed by atoms with Crippen LogP contribution in [-0.4, -0.2) is 19.7 Å². The molecule has 7 nitrogen and oxygen atoms in total. The third-order valence-corrected chi connectivity index (χ3v) is 6.00. The van der Waals surface area contributed by atoms with Crippen molar-refractivity contribution in [2.75, 3.05) is 0 Å². The lowest BCUT2D eigenvalue weighted by Crippen LogP contribution is -2.44. The van der Waals surface area contributed by atoms with Crippen molar-refractivity contribution in [3.63, 3.8) is 0 Å². The van der Waals surface area contributed by atoms with Gasteiger partial charge in [0.15, 0.2) is 5.82 Å². The highest BCUT2D eigenvalue weighted by atomic mass is 32.1. The lowest BCUT2D eigenvalue weighted by atomic mass is 9.77. The zero-order valence-corrected chi connectivity index (χ0v) is 14.5. The van der Waals surface area contributed by atoms with E-state index in [1.54, 1.807) is 22.2 Å². The second-order valence-electron chi connectivity index (χ2n) is 6.48. The maximum absolute atomic E-state index is 12.6. The van der Waals surface area contributed by atoms with Crippen molar-refractivity contribution in [3.05, 3.63) is 38.8 Å². The van der Waals surface area contributed by atoms with Crippen LogP contribution in [-0.2, 0) is 18.5 Å². The van der Waals surface area contributed by atoms with E-state index < -0.39 is 5.54 Å². The molecule has 3 aromatic rings. The molecule has 8 heteroatoms. The fraction of sp³-hybridized carbons (Fsp3) is 0.500. The van der Waals surface area contributed by atoms with Crippen molar-refractivity contribution in [2.45, 2.75) is 51.6 Å². The Morgan fingerprint density at radius 1 is 1.42 bits per heavy atom. The van der Waals surface area contributed by atoms with Gasteiger partial charge in [-0.1, -0.05) is 5.16 Å². The van der Waals surface area contributed by atoms with Crippen LogP contribution in [0.1, 0.15) is 41.4 Å². The lowest BCUT2D eigenvalue weighted by Gasteiger charge is -2.34. The van der Waals surface area contributed by atoms with Crippen LogP contribution < -0.4 is 11.3 Å². The van der Waals surface area contributed by atoms with Gasteiger partial charge in [0.25, 0.3) is 5.56 Å². The molecule has 0 aromatic carbocycles. The first-order valence-electron chi connectivity index (χ1n) is 8.05. The molecule has 1 saturated carbocycles. The van der Waals surface area contributed by atoms with Gasteiger partial charge in [-0.15, -0.1) is 11.3 Å². The van der Waals surface area contributed by atoms with Crippen molar-refractivity contribution in [1.82, 2.24) is 19.7 Å². The molecule has 0 spiro atoms. The zero-order valence-electron chi connectivity index (χ0n) is 13.7. The summed E-state index contributed by atoms with van der Waals surface area (Å²) in [5.41, 5.74) is 6.77. The monoisotopic (exact) mass is 345 g/mol. The van der Waals surface area contributed by atoms with Gasteiger partial charge in [0, 0.05) is 17.8 Å². The van der Waals surface area contributed by atoms with Gasteiger partial charge in [0.1, 0.15) is 4.83 Å². The highest BCUT2D eigenvalue weighted by molar-refractivity contribution is 7.18. The molecule has 3 heterocycles. The van der Waals surface area contributed by atoms with Crippen LogP contribution in [0.25, 0.3) is 10.2 Å². The third kappa shape index (κ3) is 2.37. The van der Waals surface area contributed by atoms with Gasteiger partial charge in [0.2, 0.25) is 5.89 Å². The summed E-state index contributed by atoms with van der Waals surface area (Å²) in [6.45, 7) is 4.43. The fourth-order valence-electron chi connectivity index (χ4n) is 2.99. The molecular weight excluding hydrogens is 326 g/mol. The van der Waals surface area contributed by atoms with E-state index in [2.05, 4.69) is 15.1 Å². The Hall–Kier alpha value is -2.06. The number of thiophene rings is 1. The predicted octanol–water partition coefficient (Wildman–Crippen LogP) is 2.04. The molecule has 3 aromatic heterocycles. The number of nitrogens with zero attached hydrogens (tertiary/aromatic N) is 4. The first-order chi connectivity index (χ1) is 11.5. The van der Waals surface area contributed by atoms with E-state index in [0.29, 0.717) is 30.1 Å². The molecule has 0 amide bonds.